The molecule has 0 atom stereocenters. The molecule has 0 aliphatic heterocycles. The molecule has 4 nitrogen and oxygen atoms in total. The van der Waals surface area contributed by atoms with Crippen molar-refractivity contribution >= 4 is 10.4 Å². The maximum atomic E-state index is 10.1. The minimum atomic E-state index is -4.38. The van der Waals surface area contributed by atoms with Crippen LogP contribution in [0.1, 0.15) is 0 Å². The predicted octanol–water partition coefficient (Wildman–Crippen LogP) is 0.866. The Balaban J connectivity index is 0.00000121. The Morgan fingerprint density at radius 2 is 1.67 bits per heavy atom. The van der Waals surface area contributed by atoms with Crippen LogP contribution in [0, 0.1) is 0 Å². The van der Waals surface area contributed by atoms with Crippen molar-refractivity contribution in [3.05, 3.63) is 30.3 Å². The van der Waals surface area contributed by atoms with Crippen molar-refractivity contribution in [2.45, 2.75) is 0 Å². The second-order valence-corrected chi connectivity index (χ2v) is 2.85. The van der Waals surface area contributed by atoms with Crippen LogP contribution in [0.5, 0.6) is 5.75 Å². The molecule has 0 bridgehead atoms. The van der Waals surface area contributed by atoms with E-state index in [1.807, 2.05) is 0 Å². The van der Waals surface area contributed by atoms with E-state index in [-0.39, 0.29) is 25.2 Å². The first-order valence-electron chi connectivity index (χ1n) is 2.80. The van der Waals surface area contributed by atoms with Crippen molar-refractivity contribution in [1.29, 1.82) is 0 Å². The monoisotopic (exact) mass is 238 g/mol. The Morgan fingerprint density at radius 3 is 2.08 bits per heavy atom. The van der Waals surface area contributed by atoms with E-state index in [1.165, 1.54) is 12.1 Å². The maximum absolute atomic E-state index is 10.1. The zero-order valence-corrected chi connectivity index (χ0v) is 9.96. The Bertz CT molecular complexity index is 321. The van der Waals surface area contributed by atoms with Gasteiger partial charge in [0.25, 0.3) is 0 Å². The molecule has 0 radical (unpaired) electrons. The first kappa shape index (κ1) is 11.6. The van der Waals surface area contributed by atoms with E-state index in [9.17, 15) is 8.42 Å². The molecule has 0 amide bonds. The molecule has 1 N–H and O–H groups in total. The van der Waals surface area contributed by atoms with Crippen molar-refractivity contribution in [3.8, 4) is 5.75 Å². The fraction of sp³-hybridized carbons (Fsp3) is 0. The van der Waals surface area contributed by atoms with E-state index >= 15 is 0 Å². The minimum absolute atomic E-state index is 0. The van der Waals surface area contributed by atoms with Gasteiger partial charge in [-0.3, -0.25) is 4.55 Å². The van der Waals surface area contributed by atoms with Gasteiger partial charge in [0.15, 0.2) is 0 Å². The average Bonchev–Trinajstić information content (AvgIpc) is 1.85. The van der Waals surface area contributed by atoms with Crippen molar-refractivity contribution in [2.75, 3.05) is 0 Å². The zero-order chi connectivity index (χ0) is 8.32. The van der Waals surface area contributed by atoms with Gasteiger partial charge in [-0.05, 0) is 12.1 Å². The summed E-state index contributed by atoms with van der Waals surface area (Å²) in [6.07, 6.45) is 0. The second-order valence-electron chi connectivity index (χ2n) is 1.82. The molecule has 0 saturated carbocycles. The van der Waals surface area contributed by atoms with E-state index < -0.39 is 10.4 Å². The molecule has 0 saturated heterocycles. The van der Waals surface area contributed by atoms with E-state index in [0.717, 1.165) is 0 Å². The van der Waals surface area contributed by atoms with Gasteiger partial charge in [-0.1, -0.05) is 18.2 Å². The van der Waals surface area contributed by atoms with Gasteiger partial charge in [-0.15, -0.1) is 0 Å². The third kappa shape index (κ3) is 4.44. The van der Waals surface area contributed by atoms with Gasteiger partial charge in [0.05, 0.1) is 0 Å². The van der Waals surface area contributed by atoms with Crippen LogP contribution in [0.25, 0.3) is 0 Å². The molecule has 1 rings (SSSR count). The van der Waals surface area contributed by atoms with Crippen LogP contribution in [0.4, 0.5) is 0 Å². The number of para-hydroxylation sites is 1. The van der Waals surface area contributed by atoms with Crippen molar-refractivity contribution < 1.29 is 36.6 Å². The molecule has 12 heavy (non-hydrogen) atoms. The number of hydrogen-bond acceptors (Lipinski definition) is 3. The van der Waals surface area contributed by atoms with Gasteiger partial charge in [0.2, 0.25) is 0 Å². The molecule has 0 spiro atoms. The van der Waals surface area contributed by atoms with Gasteiger partial charge in [-0.2, -0.15) is 8.42 Å². The molecule has 0 aromatic heterocycles. The molecule has 0 fully saturated rings. The molecule has 1 aromatic carbocycles. The van der Waals surface area contributed by atoms with Crippen LogP contribution in [0.15, 0.2) is 30.3 Å². The first-order chi connectivity index (χ1) is 5.08. The van der Waals surface area contributed by atoms with Gasteiger partial charge in [0, 0.05) is 19.5 Å². The fourth-order valence-corrected chi connectivity index (χ4v) is 0.952. The molecule has 0 aliphatic rings. The van der Waals surface area contributed by atoms with Gasteiger partial charge in [0.1, 0.15) is 5.75 Å². The van der Waals surface area contributed by atoms with E-state index in [4.69, 9.17) is 4.55 Å². The number of benzene rings is 1. The molecule has 0 heterocycles. The predicted molar refractivity (Wildman–Crippen MR) is 38.6 cm³/mol. The number of hydrogen-bond donors (Lipinski definition) is 1. The van der Waals surface area contributed by atoms with Crippen molar-refractivity contribution in [1.82, 2.24) is 0 Å². The SMILES string of the molecule is O=S(=O)(O)Oc1ccccc1.[Zn]. The minimum Gasteiger partial charge on any atom is -0.362 e. The normalized spacial score (nSPS) is 10.1. The standard InChI is InChI=1S/C6H6O4S.Zn/c7-11(8,9)10-6-4-2-1-3-5-6;/h1-5H,(H,7,8,9);. The van der Waals surface area contributed by atoms with E-state index in [2.05, 4.69) is 4.18 Å². The van der Waals surface area contributed by atoms with E-state index in [1.54, 1.807) is 18.2 Å². The summed E-state index contributed by atoms with van der Waals surface area (Å²) < 4.78 is 32.6. The molecule has 6 heteroatoms. The summed E-state index contributed by atoms with van der Waals surface area (Å²) in [5, 5.41) is 0. The number of rotatable bonds is 2. The van der Waals surface area contributed by atoms with Gasteiger partial charge < -0.3 is 4.18 Å². The van der Waals surface area contributed by atoms with Crippen LogP contribution in [0.2, 0.25) is 0 Å². The van der Waals surface area contributed by atoms with Crippen LogP contribution < -0.4 is 4.18 Å². The summed E-state index contributed by atoms with van der Waals surface area (Å²) in [7, 11) is -4.38. The van der Waals surface area contributed by atoms with E-state index in [0.29, 0.717) is 0 Å². The first-order valence-corrected chi connectivity index (χ1v) is 4.16. The van der Waals surface area contributed by atoms with Crippen molar-refractivity contribution in [3.63, 3.8) is 0 Å². The van der Waals surface area contributed by atoms with Crippen LogP contribution in [-0.2, 0) is 29.9 Å². The topological polar surface area (TPSA) is 63.6 Å². The molecule has 62 valence electrons. The van der Waals surface area contributed by atoms with Gasteiger partial charge in [-0.25, -0.2) is 0 Å². The Labute approximate surface area is 83.3 Å². The average molecular weight is 240 g/mol. The smallest absolute Gasteiger partial charge is 0.362 e. The zero-order valence-electron chi connectivity index (χ0n) is 6.17. The Morgan fingerprint density at radius 1 is 1.17 bits per heavy atom. The van der Waals surface area contributed by atoms with Crippen LogP contribution in [0.3, 0.4) is 0 Å². The molecular formula is C6H6O4SZn. The summed E-state index contributed by atoms with van der Waals surface area (Å²) in [5.74, 6) is 0.0926. The van der Waals surface area contributed by atoms with Gasteiger partial charge >= 0.3 is 10.4 Å². The summed E-state index contributed by atoms with van der Waals surface area (Å²) in [6, 6.07) is 7.75. The summed E-state index contributed by atoms with van der Waals surface area (Å²) in [5.41, 5.74) is 0. The van der Waals surface area contributed by atoms with Crippen LogP contribution in [-0.4, -0.2) is 13.0 Å². The molecular weight excluding hydrogens is 234 g/mol. The summed E-state index contributed by atoms with van der Waals surface area (Å²) in [6.45, 7) is 0. The molecule has 0 unspecified atom stereocenters. The molecule has 1 aromatic rings. The molecule has 0 aliphatic carbocycles. The Hall–Kier alpha value is -0.447. The summed E-state index contributed by atoms with van der Waals surface area (Å²) >= 11 is 0. The second kappa shape index (κ2) is 4.55. The Kier molecular flexibility index (Phi) is 4.38. The maximum Gasteiger partial charge on any atom is 0.446 e. The third-order valence-electron chi connectivity index (χ3n) is 0.945. The largest absolute Gasteiger partial charge is 0.446 e. The quantitative estimate of drug-likeness (QED) is 0.614. The summed E-state index contributed by atoms with van der Waals surface area (Å²) in [4.78, 5) is 0. The van der Waals surface area contributed by atoms with Crippen molar-refractivity contribution in [2.24, 2.45) is 0 Å². The third-order valence-corrected chi connectivity index (χ3v) is 1.35. The fourth-order valence-electron chi connectivity index (χ4n) is 0.598. The van der Waals surface area contributed by atoms with Crippen LogP contribution >= 0.6 is 0 Å².